The number of hydrogen-bond acceptors (Lipinski definition) is 5. The van der Waals surface area contributed by atoms with Crippen molar-refractivity contribution in [2.45, 2.75) is 0 Å². The van der Waals surface area contributed by atoms with Gasteiger partial charge >= 0.3 is 0 Å². The normalized spacial score (nSPS) is 15.6. The third kappa shape index (κ3) is 4.04. The average Bonchev–Trinajstić information content (AvgIpc) is 3.02. The summed E-state index contributed by atoms with van der Waals surface area (Å²) in [4.78, 5) is 14.5. The molecule has 6 heteroatoms. The Morgan fingerprint density at radius 2 is 0.949 bits per heavy atom. The number of ether oxygens (including phenoxy) is 1. The van der Waals surface area contributed by atoms with E-state index in [0.717, 1.165) is 22.0 Å². The van der Waals surface area contributed by atoms with Gasteiger partial charge in [-0.15, -0.1) is 0 Å². The standard InChI is InChI=1S/C33H22N3O2P/c37-39(26-16-8-3-9-17-26)29-19-11-10-18-27(29)38-28-21-20-25(22-30(28)39)33-35-31(23-12-4-1-5-13-23)34-32(36-33)24-14-6-2-7-15-24/h1-22H. The summed E-state index contributed by atoms with van der Waals surface area (Å²) in [6.45, 7) is 0. The molecule has 5 nitrogen and oxygen atoms in total. The van der Waals surface area contributed by atoms with Gasteiger partial charge in [-0.1, -0.05) is 103 Å². The van der Waals surface area contributed by atoms with E-state index in [1.165, 1.54) is 0 Å². The fraction of sp³-hybridized carbons (Fsp3) is 0. The van der Waals surface area contributed by atoms with E-state index < -0.39 is 7.14 Å². The first kappa shape index (κ1) is 23.3. The fourth-order valence-corrected chi connectivity index (χ4v) is 7.78. The summed E-state index contributed by atoms with van der Waals surface area (Å²) < 4.78 is 21.4. The number of para-hydroxylation sites is 1. The van der Waals surface area contributed by atoms with Gasteiger partial charge in [0.2, 0.25) is 0 Å². The molecule has 1 aromatic heterocycles. The van der Waals surface area contributed by atoms with E-state index in [-0.39, 0.29) is 0 Å². The molecule has 2 heterocycles. The van der Waals surface area contributed by atoms with Gasteiger partial charge in [-0.25, -0.2) is 15.0 Å². The molecule has 7 rings (SSSR count). The maximum atomic E-state index is 15.1. The molecule has 0 fully saturated rings. The zero-order valence-corrected chi connectivity index (χ0v) is 21.7. The molecular formula is C33H22N3O2P. The van der Waals surface area contributed by atoms with Crippen molar-refractivity contribution >= 4 is 23.1 Å². The van der Waals surface area contributed by atoms with Crippen LogP contribution in [0.15, 0.2) is 133 Å². The van der Waals surface area contributed by atoms with E-state index in [9.17, 15) is 0 Å². The highest BCUT2D eigenvalue weighted by Gasteiger charge is 2.39. The van der Waals surface area contributed by atoms with Gasteiger partial charge in [0, 0.05) is 22.0 Å². The first-order valence-corrected chi connectivity index (χ1v) is 14.4. The summed E-state index contributed by atoms with van der Waals surface area (Å²) in [5.74, 6) is 2.84. The second kappa shape index (κ2) is 9.46. The van der Waals surface area contributed by atoms with Crippen LogP contribution in [0, 0.1) is 0 Å². The van der Waals surface area contributed by atoms with Gasteiger partial charge in [0.1, 0.15) is 11.5 Å². The van der Waals surface area contributed by atoms with Gasteiger partial charge in [0.25, 0.3) is 0 Å². The van der Waals surface area contributed by atoms with E-state index in [4.69, 9.17) is 19.7 Å². The summed E-state index contributed by atoms with van der Waals surface area (Å²) in [5, 5.41) is 2.07. The Kier molecular flexibility index (Phi) is 5.65. The summed E-state index contributed by atoms with van der Waals surface area (Å²) in [6, 6.07) is 42.6. The van der Waals surface area contributed by atoms with Crippen LogP contribution in [0.2, 0.25) is 0 Å². The highest BCUT2D eigenvalue weighted by atomic mass is 31.2. The molecule has 1 unspecified atom stereocenters. The summed E-state index contributed by atoms with van der Waals surface area (Å²) in [5.41, 5.74) is 2.52. The van der Waals surface area contributed by atoms with Crippen LogP contribution in [0.3, 0.4) is 0 Å². The van der Waals surface area contributed by atoms with Gasteiger partial charge in [-0.2, -0.15) is 0 Å². The highest BCUT2D eigenvalue weighted by molar-refractivity contribution is 7.85. The zero-order valence-electron chi connectivity index (χ0n) is 20.8. The number of fused-ring (bicyclic) bond motifs is 2. The lowest BCUT2D eigenvalue weighted by Gasteiger charge is -2.29. The Morgan fingerprint density at radius 1 is 0.462 bits per heavy atom. The predicted octanol–water partition coefficient (Wildman–Crippen LogP) is 6.62. The average molecular weight is 524 g/mol. The van der Waals surface area contributed by atoms with Gasteiger partial charge in [-0.3, -0.25) is 0 Å². The van der Waals surface area contributed by atoms with E-state index in [1.54, 1.807) is 0 Å². The topological polar surface area (TPSA) is 65.0 Å². The molecule has 0 bridgehead atoms. The minimum absolute atomic E-state index is 0.504. The molecule has 1 aliphatic rings. The number of nitrogens with zero attached hydrogens (tertiary/aromatic N) is 3. The molecule has 0 aliphatic carbocycles. The summed E-state index contributed by atoms with van der Waals surface area (Å²) in [6.07, 6.45) is 0. The van der Waals surface area contributed by atoms with Crippen molar-refractivity contribution in [3.63, 3.8) is 0 Å². The van der Waals surface area contributed by atoms with E-state index in [0.29, 0.717) is 39.6 Å². The van der Waals surface area contributed by atoms with Crippen LogP contribution < -0.4 is 20.7 Å². The maximum absolute atomic E-state index is 15.1. The second-order valence-electron chi connectivity index (χ2n) is 9.24. The molecule has 186 valence electrons. The number of rotatable bonds is 4. The lowest BCUT2D eigenvalue weighted by molar-refractivity contribution is 0.485. The quantitative estimate of drug-likeness (QED) is 0.243. The SMILES string of the molecule is O=P1(c2ccccc2)c2ccccc2Oc2ccc(-c3nc(-c4ccccc4)nc(-c4ccccc4)n3)cc21. The van der Waals surface area contributed by atoms with Gasteiger partial charge in [-0.05, 0) is 30.3 Å². The molecule has 0 radical (unpaired) electrons. The van der Waals surface area contributed by atoms with Crippen molar-refractivity contribution in [3.8, 4) is 45.7 Å². The smallest absolute Gasteiger partial charge is 0.178 e. The minimum Gasteiger partial charge on any atom is -0.456 e. The van der Waals surface area contributed by atoms with Crippen LogP contribution in [0.4, 0.5) is 0 Å². The number of benzene rings is 5. The third-order valence-corrected chi connectivity index (χ3v) is 9.90. The fourth-order valence-electron chi connectivity index (χ4n) is 4.89. The Bertz CT molecular complexity index is 1800. The number of aromatic nitrogens is 3. The predicted molar refractivity (Wildman–Crippen MR) is 156 cm³/mol. The number of hydrogen-bond donors (Lipinski definition) is 0. The van der Waals surface area contributed by atoms with E-state index >= 15 is 4.57 Å². The molecular weight excluding hydrogens is 501 g/mol. The maximum Gasteiger partial charge on any atom is 0.178 e. The molecule has 1 atom stereocenters. The highest BCUT2D eigenvalue weighted by Crippen LogP contribution is 2.51. The van der Waals surface area contributed by atoms with Crippen LogP contribution in [0.1, 0.15) is 0 Å². The molecule has 0 saturated heterocycles. The van der Waals surface area contributed by atoms with Crippen LogP contribution >= 0.6 is 7.14 Å². The Morgan fingerprint density at radius 3 is 1.56 bits per heavy atom. The van der Waals surface area contributed by atoms with Crippen LogP contribution in [0.25, 0.3) is 34.2 Å². The molecule has 0 amide bonds. The Hall–Kier alpha value is -4.86. The van der Waals surface area contributed by atoms with Gasteiger partial charge in [0.05, 0.1) is 10.6 Å². The van der Waals surface area contributed by atoms with E-state index in [1.807, 2.05) is 133 Å². The first-order chi connectivity index (χ1) is 19.2. The van der Waals surface area contributed by atoms with Crippen molar-refractivity contribution in [2.24, 2.45) is 0 Å². The summed E-state index contributed by atoms with van der Waals surface area (Å²) in [7, 11) is -3.23. The van der Waals surface area contributed by atoms with Gasteiger partial charge < -0.3 is 9.30 Å². The largest absolute Gasteiger partial charge is 0.456 e. The lowest BCUT2D eigenvalue weighted by atomic mass is 10.1. The summed E-state index contributed by atoms with van der Waals surface area (Å²) >= 11 is 0. The molecule has 39 heavy (non-hydrogen) atoms. The molecule has 5 aromatic carbocycles. The van der Waals surface area contributed by atoms with Crippen LogP contribution in [0.5, 0.6) is 11.5 Å². The second-order valence-corrected chi connectivity index (χ2v) is 11.9. The van der Waals surface area contributed by atoms with Crippen LogP contribution in [-0.4, -0.2) is 15.0 Å². The Balaban J connectivity index is 1.45. The minimum atomic E-state index is -3.23. The molecule has 1 aliphatic heterocycles. The first-order valence-electron chi connectivity index (χ1n) is 12.7. The molecule has 0 N–H and O–H groups in total. The van der Waals surface area contributed by atoms with Crippen molar-refractivity contribution in [1.82, 2.24) is 15.0 Å². The molecule has 6 aromatic rings. The van der Waals surface area contributed by atoms with Crippen molar-refractivity contribution in [1.29, 1.82) is 0 Å². The molecule has 0 saturated carbocycles. The molecule has 0 spiro atoms. The third-order valence-electron chi connectivity index (χ3n) is 6.80. The van der Waals surface area contributed by atoms with Crippen molar-refractivity contribution in [3.05, 3.63) is 133 Å². The lowest BCUT2D eigenvalue weighted by Crippen LogP contribution is -2.30. The monoisotopic (exact) mass is 523 g/mol. The van der Waals surface area contributed by atoms with E-state index in [2.05, 4.69) is 0 Å². The Labute approximate surface area is 226 Å². The van der Waals surface area contributed by atoms with Crippen LogP contribution in [-0.2, 0) is 4.57 Å². The van der Waals surface area contributed by atoms with Crippen molar-refractivity contribution < 1.29 is 9.30 Å². The van der Waals surface area contributed by atoms with Crippen molar-refractivity contribution in [2.75, 3.05) is 0 Å². The van der Waals surface area contributed by atoms with Gasteiger partial charge in [0.15, 0.2) is 24.6 Å². The zero-order chi connectivity index (χ0) is 26.2.